The minimum atomic E-state index is -4.25. The van der Waals surface area contributed by atoms with Crippen LogP contribution in [0.3, 0.4) is 0 Å². The van der Waals surface area contributed by atoms with Gasteiger partial charge in [-0.25, -0.2) is 0 Å². The number of hydrogen-bond donors (Lipinski definition) is 2. The Morgan fingerprint density at radius 2 is 2.00 bits per heavy atom. The topological polar surface area (TPSA) is 45.7 Å². The molecular formula is C14H26F3N3O. The van der Waals surface area contributed by atoms with Crippen molar-refractivity contribution in [2.45, 2.75) is 45.2 Å². The lowest BCUT2D eigenvalue weighted by Crippen LogP contribution is -2.46. The van der Waals surface area contributed by atoms with Crippen molar-refractivity contribution in [3.63, 3.8) is 0 Å². The second-order valence-electron chi connectivity index (χ2n) is 5.58. The molecule has 21 heavy (non-hydrogen) atoms. The molecule has 0 bridgehead atoms. The van der Waals surface area contributed by atoms with Crippen molar-refractivity contribution < 1.29 is 17.9 Å². The summed E-state index contributed by atoms with van der Waals surface area (Å²) in [6, 6.07) is 0. The predicted molar refractivity (Wildman–Crippen MR) is 77.4 cm³/mol. The van der Waals surface area contributed by atoms with Gasteiger partial charge in [-0.3, -0.25) is 4.99 Å². The number of halogens is 3. The molecule has 1 aliphatic carbocycles. The van der Waals surface area contributed by atoms with E-state index in [1.54, 1.807) is 7.05 Å². The lowest BCUT2D eigenvalue weighted by Gasteiger charge is -2.41. The van der Waals surface area contributed by atoms with E-state index in [-0.39, 0.29) is 6.61 Å². The van der Waals surface area contributed by atoms with Gasteiger partial charge in [0.15, 0.2) is 5.96 Å². The number of aliphatic imine (C=N–C) groups is 1. The van der Waals surface area contributed by atoms with E-state index < -0.39 is 12.8 Å². The first-order chi connectivity index (χ1) is 9.91. The maximum Gasteiger partial charge on any atom is 0.411 e. The Morgan fingerprint density at radius 1 is 1.29 bits per heavy atom. The molecule has 0 aromatic rings. The first-order valence-electron chi connectivity index (χ1n) is 7.50. The SMILES string of the molecule is CCC1(CNC(=NC)NCCCOCC(F)(F)F)CCC1. The van der Waals surface area contributed by atoms with Crippen LogP contribution >= 0.6 is 0 Å². The monoisotopic (exact) mass is 309 g/mol. The van der Waals surface area contributed by atoms with Crippen LogP contribution in [-0.2, 0) is 4.74 Å². The second kappa shape index (κ2) is 8.46. The first kappa shape index (κ1) is 18.1. The van der Waals surface area contributed by atoms with E-state index in [4.69, 9.17) is 0 Å². The van der Waals surface area contributed by atoms with Crippen LogP contribution < -0.4 is 10.6 Å². The van der Waals surface area contributed by atoms with E-state index in [2.05, 4.69) is 27.3 Å². The van der Waals surface area contributed by atoms with Crippen molar-refractivity contribution in [2.24, 2.45) is 10.4 Å². The second-order valence-corrected chi connectivity index (χ2v) is 5.58. The summed E-state index contributed by atoms with van der Waals surface area (Å²) >= 11 is 0. The number of nitrogens with one attached hydrogen (secondary N) is 2. The average Bonchev–Trinajstić information content (AvgIpc) is 2.38. The highest BCUT2D eigenvalue weighted by Crippen LogP contribution is 2.42. The number of hydrogen-bond acceptors (Lipinski definition) is 2. The van der Waals surface area contributed by atoms with Gasteiger partial charge in [-0.1, -0.05) is 13.3 Å². The summed E-state index contributed by atoms with van der Waals surface area (Å²) in [5, 5.41) is 6.39. The Labute approximate surface area is 124 Å². The standard InChI is InChI=1S/C14H26F3N3O/c1-3-13(6-4-7-13)10-20-12(18-2)19-8-5-9-21-11-14(15,16)17/h3-11H2,1-2H3,(H2,18,19,20). The van der Waals surface area contributed by atoms with Crippen LogP contribution in [0.4, 0.5) is 13.2 Å². The number of rotatable bonds is 8. The molecule has 0 unspecified atom stereocenters. The maximum absolute atomic E-state index is 11.9. The number of nitrogens with zero attached hydrogens (tertiary/aromatic N) is 1. The van der Waals surface area contributed by atoms with Crippen molar-refractivity contribution in [3.05, 3.63) is 0 Å². The molecule has 0 amide bonds. The Bertz CT molecular complexity index is 322. The quantitative estimate of drug-likeness (QED) is 0.412. The molecule has 0 spiro atoms. The molecule has 1 fully saturated rings. The molecule has 2 N–H and O–H groups in total. The van der Waals surface area contributed by atoms with Crippen molar-refractivity contribution in [1.29, 1.82) is 0 Å². The van der Waals surface area contributed by atoms with Gasteiger partial charge in [0.2, 0.25) is 0 Å². The third-order valence-corrected chi connectivity index (χ3v) is 4.04. The highest BCUT2D eigenvalue weighted by molar-refractivity contribution is 5.79. The third kappa shape index (κ3) is 7.02. The summed E-state index contributed by atoms with van der Waals surface area (Å²) < 4.78 is 40.1. The zero-order chi connectivity index (χ0) is 15.8. The summed E-state index contributed by atoms with van der Waals surface area (Å²) in [6.07, 6.45) is 1.20. The molecular weight excluding hydrogens is 283 g/mol. The van der Waals surface area contributed by atoms with Crippen LogP contribution in [0.5, 0.6) is 0 Å². The van der Waals surface area contributed by atoms with Gasteiger partial charge in [0.1, 0.15) is 6.61 Å². The summed E-state index contributed by atoms with van der Waals surface area (Å²) in [7, 11) is 1.69. The molecule has 1 rings (SSSR count). The van der Waals surface area contributed by atoms with Crippen LogP contribution in [0.25, 0.3) is 0 Å². The van der Waals surface area contributed by atoms with Gasteiger partial charge < -0.3 is 15.4 Å². The lowest BCUT2D eigenvalue weighted by molar-refractivity contribution is -0.173. The van der Waals surface area contributed by atoms with E-state index in [1.165, 1.54) is 19.3 Å². The molecule has 0 aromatic heterocycles. The van der Waals surface area contributed by atoms with E-state index in [9.17, 15) is 13.2 Å². The molecule has 124 valence electrons. The summed E-state index contributed by atoms with van der Waals surface area (Å²) in [5.41, 5.74) is 0.396. The highest BCUT2D eigenvalue weighted by atomic mass is 19.4. The van der Waals surface area contributed by atoms with E-state index >= 15 is 0 Å². The molecule has 1 aliphatic rings. The normalized spacial score (nSPS) is 18.2. The lowest BCUT2D eigenvalue weighted by atomic mass is 9.67. The van der Waals surface area contributed by atoms with Gasteiger partial charge >= 0.3 is 6.18 Å². The third-order valence-electron chi connectivity index (χ3n) is 4.04. The van der Waals surface area contributed by atoms with Gasteiger partial charge in [0, 0.05) is 26.7 Å². The Balaban J connectivity index is 2.09. The fourth-order valence-electron chi connectivity index (χ4n) is 2.39. The molecule has 4 nitrogen and oxygen atoms in total. The number of alkyl halides is 3. The summed E-state index contributed by atoms with van der Waals surface area (Å²) in [4.78, 5) is 4.11. The molecule has 0 radical (unpaired) electrons. The summed E-state index contributed by atoms with van der Waals surface area (Å²) in [5.74, 6) is 0.700. The maximum atomic E-state index is 11.9. The van der Waals surface area contributed by atoms with Gasteiger partial charge in [0.25, 0.3) is 0 Å². The summed E-state index contributed by atoms with van der Waals surface area (Å²) in [6.45, 7) is 2.54. The van der Waals surface area contributed by atoms with Gasteiger partial charge in [-0.15, -0.1) is 0 Å². The molecule has 0 aromatic carbocycles. The van der Waals surface area contributed by atoms with E-state index in [1.807, 2.05) is 0 Å². The smallest absolute Gasteiger partial charge is 0.372 e. The Morgan fingerprint density at radius 3 is 2.48 bits per heavy atom. The van der Waals surface area contributed by atoms with E-state index in [0.29, 0.717) is 24.3 Å². The molecule has 0 heterocycles. The van der Waals surface area contributed by atoms with Crippen LogP contribution in [-0.4, -0.2) is 45.5 Å². The molecule has 0 saturated heterocycles. The zero-order valence-electron chi connectivity index (χ0n) is 12.9. The first-order valence-corrected chi connectivity index (χ1v) is 7.50. The van der Waals surface area contributed by atoms with Crippen LogP contribution in [0.2, 0.25) is 0 Å². The Kier molecular flexibility index (Phi) is 7.28. The van der Waals surface area contributed by atoms with Crippen LogP contribution in [0, 0.1) is 5.41 Å². The molecule has 1 saturated carbocycles. The largest absolute Gasteiger partial charge is 0.411 e. The van der Waals surface area contributed by atoms with Crippen molar-refractivity contribution in [3.8, 4) is 0 Å². The molecule has 0 atom stereocenters. The molecule has 0 aliphatic heterocycles. The van der Waals surface area contributed by atoms with Crippen molar-refractivity contribution in [2.75, 3.05) is 33.4 Å². The van der Waals surface area contributed by atoms with Crippen LogP contribution in [0.15, 0.2) is 4.99 Å². The molecule has 7 heteroatoms. The zero-order valence-corrected chi connectivity index (χ0v) is 12.9. The van der Waals surface area contributed by atoms with Gasteiger partial charge in [0.05, 0.1) is 0 Å². The number of guanidine groups is 1. The van der Waals surface area contributed by atoms with Gasteiger partial charge in [-0.05, 0) is 31.1 Å². The van der Waals surface area contributed by atoms with Crippen LogP contribution in [0.1, 0.15) is 39.0 Å². The minimum absolute atomic E-state index is 0.0857. The number of ether oxygens (including phenoxy) is 1. The highest BCUT2D eigenvalue weighted by Gasteiger charge is 2.34. The van der Waals surface area contributed by atoms with Crippen molar-refractivity contribution >= 4 is 5.96 Å². The fraction of sp³-hybridized carbons (Fsp3) is 0.929. The fourth-order valence-corrected chi connectivity index (χ4v) is 2.39. The Hall–Kier alpha value is -0.980. The minimum Gasteiger partial charge on any atom is -0.372 e. The van der Waals surface area contributed by atoms with E-state index in [0.717, 1.165) is 13.0 Å². The average molecular weight is 309 g/mol. The van der Waals surface area contributed by atoms with Crippen molar-refractivity contribution in [1.82, 2.24) is 10.6 Å². The predicted octanol–water partition coefficient (Wildman–Crippen LogP) is 2.70. The van der Waals surface area contributed by atoms with Gasteiger partial charge in [-0.2, -0.15) is 13.2 Å².